The molecule has 0 fully saturated rings. The summed E-state index contributed by atoms with van der Waals surface area (Å²) in [5, 5.41) is 14.9. The SMILES string of the molecule is COc1cc(Br)c(O)c(C[PH](c2ccccc2)(c2ccccc2)c2ccccc2)c1. The molecule has 0 amide bonds. The Morgan fingerprint density at radius 3 is 1.57 bits per heavy atom. The predicted octanol–water partition coefficient (Wildman–Crippen LogP) is 5.39. The van der Waals surface area contributed by atoms with E-state index in [9.17, 15) is 5.11 Å². The van der Waals surface area contributed by atoms with Crippen LogP contribution in [0.25, 0.3) is 0 Å². The quantitative estimate of drug-likeness (QED) is 0.376. The van der Waals surface area contributed by atoms with Gasteiger partial charge in [0, 0.05) is 0 Å². The van der Waals surface area contributed by atoms with E-state index in [4.69, 9.17) is 4.74 Å². The summed E-state index contributed by atoms with van der Waals surface area (Å²) >= 11 is 3.50. The third-order valence-corrected chi connectivity index (χ3v) is 11.1. The van der Waals surface area contributed by atoms with Crippen LogP contribution in [0, 0.1) is 0 Å². The number of ether oxygens (including phenoxy) is 1. The zero-order valence-corrected chi connectivity index (χ0v) is 19.3. The molecule has 0 saturated carbocycles. The van der Waals surface area contributed by atoms with Gasteiger partial charge in [-0.3, -0.25) is 0 Å². The molecule has 0 atom stereocenters. The minimum atomic E-state index is -2.49. The molecule has 2 nitrogen and oxygen atoms in total. The standard InChI is InChI=1S/C26H24BrO2P/c1-29-21-17-20(26(28)25(27)18-21)19-30(22-11-5-2-6-12-22,23-13-7-3-8-14-23)24-15-9-4-10-16-24/h2-18,28,30H,19H2,1H3. The number of rotatable bonds is 6. The van der Waals surface area contributed by atoms with E-state index in [-0.39, 0.29) is 5.75 Å². The number of hydrogen-bond acceptors (Lipinski definition) is 2. The van der Waals surface area contributed by atoms with Crippen LogP contribution in [0.5, 0.6) is 11.5 Å². The van der Waals surface area contributed by atoms with Crippen LogP contribution >= 0.6 is 23.2 Å². The molecule has 0 aliphatic carbocycles. The Labute approximate surface area is 186 Å². The summed E-state index contributed by atoms with van der Waals surface area (Å²) in [5.41, 5.74) is 0.879. The second-order valence-corrected chi connectivity index (χ2v) is 12.0. The van der Waals surface area contributed by atoms with Gasteiger partial charge >= 0.3 is 187 Å². The molecule has 0 spiro atoms. The fourth-order valence-electron chi connectivity index (χ4n) is 4.14. The fraction of sp³-hybridized carbons (Fsp3) is 0.0769. The van der Waals surface area contributed by atoms with Crippen LogP contribution in [0.2, 0.25) is 0 Å². The van der Waals surface area contributed by atoms with Crippen molar-refractivity contribution in [2.45, 2.75) is 6.16 Å². The fourth-order valence-corrected chi connectivity index (χ4v) is 9.36. The summed E-state index contributed by atoms with van der Waals surface area (Å²) in [6, 6.07) is 35.9. The molecule has 0 saturated heterocycles. The summed E-state index contributed by atoms with van der Waals surface area (Å²) < 4.78 is 6.14. The van der Waals surface area contributed by atoms with Crippen molar-refractivity contribution in [2.24, 2.45) is 0 Å². The van der Waals surface area contributed by atoms with Gasteiger partial charge in [0.15, 0.2) is 0 Å². The summed E-state index contributed by atoms with van der Waals surface area (Å²) in [6.07, 6.45) is 0.715. The van der Waals surface area contributed by atoms with Crippen molar-refractivity contribution in [1.82, 2.24) is 0 Å². The average Bonchev–Trinajstić information content (AvgIpc) is 2.81. The second-order valence-electron chi connectivity index (χ2n) is 7.30. The summed E-state index contributed by atoms with van der Waals surface area (Å²) in [5.74, 6) is 1.00. The third kappa shape index (κ3) is 3.88. The normalized spacial score (nSPS) is 11.8. The molecule has 0 unspecified atom stereocenters. The summed E-state index contributed by atoms with van der Waals surface area (Å²) in [6.45, 7) is 0. The molecule has 1 N–H and O–H groups in total. The van der Waals surface area contributed by atoms with Crippen LogP contribution in [0.4, 0.5) is 0 Å². The molecule has 0 radical (unpaired) electrons. The molecular formula is C26H24BrO2P. The van der Waals surface area contributed by atoms with Crippen molar-refractivity contribution in [3.63, 3.8) is 0 Å². The van der Waals surface area contributed by atoms with Crippen molar-refractivity contribution < 1.29 is 9.84 Å². The Morgan fingerprint density at radius 2 is 1.17 bits per heavy atom. The van der Waals surface area contributed by atoms with Gasteiger partial charge in [-0.2, -0.15) is 0 Å². The molecule has 0 aliphatic rings. The van der Waals surface area contributed by atoms with Crippen LogP contribution in [0.3, 0.4) is 0 Å². The van der Waals surface area contributed by atoms with Gasteiger partial charge in [0.1, 0.15) is 0 Å². The number of halogens is 1. The number of benzene rings is 4. The second kappa shape index (κ2) is 9.04. The van der Waals surface area contributed by atoms with Crippen molar-refractivity contribution in [3.8, 4) is 11.5 Å². The van der Waals surface area contributed by atoms with E-state index in [2.05, 4.69) is 107 Å². The van der Waals surface area contributed by atoms with Crippen molar-refractivity contribution in [3.05, 3.63) is 113 Å². The third-order valence-electron chi connectivity index (χ3n) is 5.61. The van der Waals surface area contributed by atoms with E-state index in [1.807, 2.05) is 6.07 Å². The summed E-state index contributed by atoms with van der Waals surface area (Å²) in [4.78, 5) is 0. The Balaban J connectivity index is 2.02. The van der Waals surface area contributed by atoms with E-state index in [1.54, 1.807) is 13.2 Å². The van der Waals surface area contributed by atoms with Gasteiger partial charge in [-0.1, -0.05) is 0 Å². The zero-order chi connectivity index (χ0) is 21.0. The first-order chi connectivity index (χ1) is 14.6. The zero-order valence-electron chi connectivity index (χ0n) is 16.8. The van der Waals surface area contributed by atoms with Gasteiger partial charge in [-0.15, -0.1) is 0 Å². The minimum absolute atomic E-state index is 0.274. The van der Waals surface area contributed by atoms with Crippen LogP contribution in [0.1, 0.15) is 5.56 Å². The van der Waals surface area contributed by atoms with Crippen molar-refractivity contribution in [1.29, 1.82) is 0 Å². The van der Waals surface area contributed by atoms with Crippen molar-refractivity contribution in [2.75, 3.05) is 7.11 Å². The predicted molar refractivity (Wildman–Crippen MR) is 133 cm³/mol. The van der Waals surface area contributed by atoms with Gasteiger partial charge in [0.05, 0.1) is 0 Å². The molecule has 0 aromatic heterocycles. The Hall–Kier alpha value is -2.61. The summed E-state index contributed by atoms with van der Waals surface area (Å²) in [7, 11) is -0.839. The van der Waals surface area contributed by atoms with Crippen LogP contribution < -0.4 is 20.7 Å². The first-order valence-electron chi connectivity index (χ1n) is 9.87. The molecule has 4 rings (SSSR count). The molecule has 0 aliphatic heterocycles. The van der Waals surface area contributed by atoms with Crippen LogP contribution in [0.15, 0.2) is 108 Å². The first-order valence-corrected chi connectivity index (χ1v) is 12.9. The Kier molecular flexibility index (Phi) is 6.22. The average molecular weight is 479 g/mol. The van der Waals surface area contributed by atoms with Gasteiger partial charge in [-0.25, -0.2) is 0 Å². The van der Waals surface area contributed by atoms with Gasteiger partial charge < -0.3 is 0 Å². The maximum atomic E-state index is 10.9. The number of methoxy groups -OCH3 is 1. The van der Waals surface area contributed by atoms with Gasteiger partial charge in [0.25, 0.3) is 0 Å². The molecule has 4 aromatic rings. The number of aromatic hydroxyl groups is 1. The van der Waals surface area contributed by atoms with E-state index in [1.165, 1.54) is 15.9 Å². The molecule has 0 heterocycles. The van der Waals surface area contributed by atoms with E-state index in [0.29, 0.717) is 10.6 Å². The number of phenolic OH excluding ortho intramolecular Hbond substituents is 1. The Morgan fingerprint density at radius 1 is 0.733 bits per heavy atom. The van der Waals surface area contributed by atoms with Crippen LogP contribution in [-0.2, 0) is 6.16 Å². The monoisotopic (exact) mass is 478 g/mol. The molecule has 4 aromatic carbocycles. The van der Waals surface area contributed by atoms with Crippen molar-refractivity contribution >= 4 is 39.1 Å². The maximum absolute atomic E-state index is 10.9. The topological polar surface area (TPSA) is 29.5 Å². The molecule has 30 heavy (non-hydrogen) atoms. The van der Waals surface area contributed by atoms with E-state index >= 15 is 0 Å². The molecule has 152 valence electrons. The van der Waals surface area contributed by atoms with Crippen LogP contribution in [-0.4, -0.2) is 12.2 Å². The molecule has 4 heteroatoms. The van der Waals surface area contributed by atoms with E-state index < -0.39 is 7.26 Å². The van der Waals surface area contributed by atoms with Gasteiger partial charge in [0.2, 0.25) is 0 Å². The van der Waals surface area contributed by atoms with Gasteiger partial charge in [-0.05, 0) is 0 Å². The first kappa shape index (κ1) is 20.7. The van der Waals surface area contributed by atoms with E-state index in [0.717, 1.165) is 11.3 Å². The molecule has 0 bridgehead atoms. The number of phenols is 1. The Bertz CT molecular complexity index is 1020. The number of hydrogen-bond donors (Lipinski definition) is 1. The molecular weight excluding hydrogens is 455 g/mol.